The van der Waals surface area contributed by atoms with Crippen LogP contribution in [-0.2, 0) is 0 Å². The van der Waals surface area contributed by atoms with Gasteiger partial charge in [0, 0.05) is 5.92 Å². The Kier molecular flexibility index (Phi) is 2.50. The molecule has 0 bridgehead atoms. The molecule has 5 radical (unpaired) electrons. The van der Waals surface area contributed by atoms with Gasteiger partial charge in [-0.05, 0) is 37.7 Å². The maximum Gasteiger partial charge on any atom is 0.169 e. The Hall–Kier alpha value is -0.770. The second-order valence-electron chi connectivity index (χ2n) is 1.85. The number of halogens is 1. The molecule has 0 aromatic heterocycles. The van der Waals surface area contributed by atoms with Crippen LogP contribution >= 0.6 is 0 Å². The second kappa shape index (κ2) is 3.41. The molecule has 1 fully saturated rings. The van der Waals surface area contributed by atoms with Gasteiger partial charge in [-0.3, -0.25) is 0 Å². The fourth-order valence-electron chi connectivity index (χ4n) is 0.673. The van der Waals surface area contributed by atoms with Crippen molar-refractivity contribution in [1.29, 1.82) is 0 Å². The number of terminal acetylenes is 1. The lowest BCUT2D eigenvalue weighted by Gasteiger charge is -1.95. The van der Waals surface area contributed by atoms with Gasteiger partial charge in [0.1, 0.15) is 0 Å². The van der Waals surface area contributed by atoms with Crippen LogP contribution < -0.4 is 0 Å². The molecule has 1 rings (SSSR count). The van der Waals surface area contributed by atoms with Crippen molar-refractivity contribution in [2.45, 2.75) is 0 Å². The molecule has 0 N–H and O–H groups in total. The van der Waals surface area contributed by atoms with Crippen LogP contribution in [0.5, 0.6) is 0 Å². The third-order valence-electron chi connectivity index (χ3n) is 1.12. The summed E-state index contributed by atoms with van der Waals surface area (Å²) in [5.41, 5.74) is 0. The van der Waals surface area contributed by atoms with E-state index in [-0.39, 0.29) is 0 Å². The van der Waals surface area contributed by atoms with E-state index in [1.54, 1.807) is 12.8 Å². The highest BCUT2D eigenvalue weighted by atomic mass is 19.1. The van der Waals surface area contributed by atoms with E-state index in [0.29, 0.717) is 0 Å². The molecule has 0 nitrogen and oxygen atoms in total. The van der Waals surface area contributed by atoms with Gasteiger partial charge in [-0.25, -0.2) is 0 Å². The highest BCUT2D eigenvalue weighted by Gasteiger charge is 2.14. The van der Waals surface area contributed by atoms with E-state index in [4.69, 9.17) is 6.42 Å². The lowest BCUT2D eigenvalue weighted by Crippen LogP contribution is -1.85. The van der Waals surface area contributed by atoms with Gasteiger partial charge in [0.25, 0.3) is 0 Å². The molecule has 49 valence electrons. The summed E-state index contributed by atoms with van der Waals surface area (Å²) in [4.78, 5) is 0. The van der Waals surface area contributed by atoms with Gasteiger partial charge in [0.15, 0.2) is 5.83 Å². The first-order chi connectivity index (χ1) is 4.83. The number of rotatable bonds is 1. The fourth-order valence-corrected chi connectivity index (χ4v) is 0.673. The van der Waals surface area contributed by atoms with E-state index in [1.165, 1.54) is 6.08 Å². The van der Waals surface area contributed by atoms with Crippen LogP contribution in [0, 0.1) is 43.9 Å². The zero-order chi connectivity index (χ0) is 7.40. The molecule has 1 aliphatic carbocycles. The monoisotopic (exact) mass is 133 g/mol. The van der Waals surface area contributed by atoms with E-state index in [1.807, 2.05) is 18.8 Å². The Bertz CT molecular complexity index is 168. The Balaban J connectivity index is 2.44. The maximum atomic E-state index is 12.3. The first-order valence-corrected chi connectivity index (χ1v) is 2.88. The summed E-state index contributed by atoms with van der Waals surface area (Å²) in [6, 6.07) is 0. The molecule has 0 aromatic rings. The molecular weight excluding hydrogens is 127 g/mol. The van der Waals surface area contributed by atoms with E-state index in [9.17, 15) is 4.39 Å². The number of hydrogen-bond acceptors (Lipinski definition) is 0. The normalized spacial score (nSPS) is 21.0. The Labute approximate surface area is 61.1 Å². The van der Waals surface area contributed by atoms with Crippen molar-refractivity contribution in [2.24, 2.45) is 0 Å². The van der Waals surface area contributed by atoms with Crippen molar-refractivity contribution >= 4 is 0 Å². The lowest BCUT2D eigenvalue weighted by atomic mass is 10.1. The van der Waals surface area contributed by atoms with Gasteiger partial charge in [0.05, 0.1) is 0 Å². The van der Waals surface area contributed by atoms with Crippen molar-refractivity contribution < 1.29 is 4.39 Å². The molecule has 0 amide bonds. The largest absolute Gasteiger partial charge is 0.197 e. The van der Waals surface area contributed by atoms with Gasteiger partial charge in [-0.2, -0.15) is 4.39 Å². The van der Waals surface area contributed by atoms with Crippen LogP contribution in [0.4, 0.5) is 4.39 Å². The number of hydrogen-bond donors (Lipinski definition) is 0. The van der Waals surface area contributed by atoms with E-state index >= 15 is 0 Å². The van der Waals surface area contributed by atoms with Gasteiger partial charge < -0.3 is 0 Å². The third-order valence-corrected chi connectivity index (χ3v) is 1.12. The predicted molar refractivity (Wildman–Crippen MR) is 38.5 cm³/mol. The summed E-state index contributed by atoms with van der Waals surface area (Å²) in [6.07, 6.45) is 13.4. The molecule has 0 atom stereocenters. The minimum atomic E-state index is -0.536. The first kappa shape index (κ1) is 7.34. The van der Waals surface area contributed by atoms with Crippen LogP contribution in [0.2, 0.25) is 0 Å². The highest BCUT2D eigenvalue weighted by Crippen LogP contribution is 2.25. The Morgan fingerprint density at radius 1 is 1.50 bits per heavy atom. The molecule has 0 aromatic carbocycles. The zero-order valence-corrected chi connectivity index (χ0v) is 5.34. The van der Waals surface area contributed by atoms with Crippen molar-refractivity contribution in [3.63, 3.8) is 0 Å². The molecule has 0 heterocycles. The summed E-state index contributed by atoms with van der Waals surface area (Å²) >= 11 is 0. The van der Waals surface area contributed by atoms with Crippen molar-refractivity contribution in [1.82, 2.24) is 0 Å². The Morgan fingerprint density at radius 3 is 2.60 bits per heavy atom. The number of allylic oxidation sites excluding steroid dienone is 2. The van der Waals surface area contributed by atoms with Crippen LogP contribution in [0.1, 0.15) is 0 Å². The summed E-state index contributed by atoms with van der Waals surface area (Å²) < 4.78 is 12.3. The van der Waals surface area contributed by atoms with Gasteiger partial charge in [0.2, 0.25) is 0 Å². The van der Waals surface area contributed by atoms with Crippen molar-refractivity contribution in [3.8, 4) is 12.3 Å². The van der Waals surface area contributed by atoms with Crippen molar-refractivity contribution in [2.75, 3.05) is 0 Å². The maximum absolute atomic E-state index is 12.3. The highest BCUT2D eigenvalue weighted by molar-refractivity contribution is 5.44. The van der Waals surface area contributed by atoms with Crippen LogP contribution in [0.3, 0.4) is 0 Å². The predicted octanol–water partition coefficient (Wildman–Crippen LogP) is 1.88. The second-order valence-corrected chi connectivity index (χ2v) is 1.85. The molecule has 0 aliphatic heterocycles. The molecule has 0 spiro atoms. The van der Waals surface area contributed by atoms with Crippen LogP contribution in [0.25, 0.3) is 0 Å². The van der Waals surface area contributed by atoms with E-state index in [0.717, 1.165) is 5.92 Å². The first-order valence-electron chi connectivity index (χ1n) is 2.88. The molecule has 1 saturated carbocycles. The third kappa shape index (κ3) is 1.88. The summed E-state index contributed by atoms with van der Waals surface area (Å²) in [5.74, 6) is 2.16. The lowest BCUT2D eigenvalue weighted by molar-refractivity contribution is 0.673. The minimum Gasteiger partial charge on any atom is -0.197 e. The average molecular weight is 133 g/mol. The van der Waals surface area contributed by atoms with E-state index < -0.39 is 5.83 Å². The standard InChI is InChI=1S/C9H6F/c1-2-9(10)7-8-5-3-4-6-8/h1,3-7H/b9-7+. The SMILES string of the molecule is C#C/C(F)=C\[C]1[CH][CH][CH][CH]1. The van der Waals surface area contributed by atoms with E-state index in [2.05, 4.69) is 0 Å². The minimum absolute atomic E-state index is 0.536. The molecule has 10 heavy (non-hydrogen) atoms. The summed E-state index contributed by atoms with van der Waals surface area (Å²) in [6.45, 7) is 0. The molecule has 1 heteroatoms. The molecule has 0 saturated heterocycles. The molecular formula is C9H6F. The van der Waals surface area contributed by atoms with Gasteiger partial charge >= 0.3 is 0 Å². The average Bonchev–Trinajstić information content (AvgIpc) is 2.40. The summed E-state index contributed by atoms with van der Waals surface area (Å²) in [5, 5.41) is 0. The Morgan fingerprint density at radius 2 is 2.10 bits per heavy atom. The van der Waals surface area contributed by atoms with Gasteiger partial charge in [-0.15, -0.1) is 6.42 Å². The fraction of sp³-hybridized carbons (Fsp3) is 0. The van der Waals surface area contributed by atoms with Crippen LogP contribution in [-0.4, -0.2) is 0 Å². The molecule has 0 unspecified atom stereocenters. The van der Waals surface area contributed by atoms with Crippen LogP contribution in [0.15, 0.2) is 11.9 Å². The quantitative estimate of drug-likeness (QED) is 0.479. The molecule has 1 aliphatic rings. The van der Waals surface area contributed by atoms with Gasteiger partial charge in [-0.1, -0.05) is 0 Å². The zero-order valence-electron chi connectivity index (χ0n) is 5.34. The smallest absolute Gasteiger partial charge is 0.169 e. The summed E-state index contributed by atoms with van der Waals surface area (Å²) in [7, 11) is 0. The topological polar surface area (TPSA) is 0 Å². The van der Waals surface area contributed by atoms with Crippen molar-refractivity contribution in [3.05, 3.63) is 43.5 Å².